The van der Waals surface area contributed by atoms with Gasteiger partial charge in [0.25, 0.3) is 0 Å². The smallest absolute Gasteiger partial charge is 0.317 e. The highest BCUT2D eigenvalue weighted by atomic mass is 16.7. The lowest BCUT2D eigenvalue weighted by atomic mass is 9.78. The number of aliphatic imine (C=N–C) groups is 1. The normalized spacial score (nSPS) is 30.0. The summed E-state index contributed by atoms with van der Waals surface area (Å²) in [6, 6.07) is 5.36. The Kier molecular flexibility index (Phi) is 9.01. The molecule has 0 amide bonds. The molecule has 0 aliphatic carbocycles. The Labute approximate surface area is 308 Å². The summed E-state index contributed by atoms with van der Waals surface area (Å²) in [5, 5.41) is 43.7. The van der Waals surface area contributed by atoms with Gasteiger partial charge in [-0.2, -0.15) is 0 Å². The molecule has 9 rings (SSSR count). The molecule has 0 spiro atoms. The minimum atomic E-state index is -2.42. The summed E-state index contributed by atoms with van der Waals surface area (Å²) >= 11 is 0. The van der Waals surface area contributed by atoms with E-state index in [2.05, 4.69) is 16.8 Å². The molecule has 17 heteroatoms. The number of carboxylic acids is 1. The Morgan fingerprint density at radius 2 is 1.98 bits per heavy atom. The number of aliphatic hydroxyl groups excluding tert-OH is 2. The fourth-order valence-corrected chi connectivity index (χ4v) is 8.03. The number of hydrogen-bond donors (Lipinski definition) is 7. The number of nitrogens with one attached hydrogen (secondary N) is 1. The van der Waals surface area contributed by atoms with Gasteiger partial charge in [0.15, 0.2) is 17.6 Å². The third-order valence-electron chi connectivity index (χ3n) is 10.6. The molecule has 0 aromatic heterocycles. The van der Waals surface area contributed by atoms with Gasteiger partial charge in [0, 0.05) is 41.0 Å². The molecule has 284 valence electrons. The van der Waals surface area contributed by atoms with Crippen LogP contribution in [-0.2, 0) is 25.6 Å². The van der Waals surface area contributed by atoms with Gasteiger partial charge in [0.1, 0.15) is 72.9 Å². The molecule has 1 unspecified atom stereocenters. The molecule has 17 nitrogen and oxygen atoms in total. The number of quaternary nitrogens is 1. The SMILES string of the molecule is COc1ccc2c(c1OC)O[C@H]1c3c(cc4c(c3C[NH+]3C=C5N=CC=C5C3)C#CC[C@]3(O)[C@H](O)[C@@H](O)[C@H](O4)O[C@@H]3[C@H](OC(=O)CC(=O)O)C(N)N)OC[C@@H]21. The summed E-state index contributed by atoms with van der Waals surface area (Å²) in [5.41, 5.74) is 14.1. The maximum absolute atomic E-state index is 12.4. The van der Waals surface area contributed by atoms with Gasteiger partial charge in [-0.05, 0) is 12.1 Å². The van der Waals surface area contributed by atoms with Crippen molar-refractivity contribution < 1.29 is 68.1 Å². The first-order valence-corrected chi connectivity index (χ1v) is 17.3. The molecule has 2 aromatic rings. The van der Waals surface area contributed by atoms with Crippen LogP contribution in [0.1, 0.15) is 47.1 Å². The second-order valence-corrected chi connectivity index (χ2v) is 13.9. The van der Waals surface area contributed by atoms with E-state index in [4.69, 9.17) is 49.7 Å². The summed E-state index contributed by atoms with van der Waals surface area (Å²) in [5.74, 6) is 5.22. The number of nitrogens with two attached hydrogens (primary N) is 2. The number of aliphatic carboxylic acids is 1. The van der Waals surface area contributed by atoms with Gasteiger partial charge in [0.2, 0.25) is 12.0 Å². The van der Waals surface area contributed by atoms with E-state index in [0.29, 0.717) is 47.2 Å². The van der Waals surface area contributed by atoms with Crippen molar-refractivity contribution in [2.24, 2.45) is 16.5 Å². The van der Waals surface area contributed by atoms with Gasteiger partial charge in [-0.15, -0.1) is 0 Å². The number of nitrogens with zero attached hydrogens (tertiary/aromatic N) is 1. The lowest BCUT2D eigenvalue weighted by Crippen LogP contribution is -3.05. The first kappa shape index (κ1) is 35.8. The highest BCUT2D eigenvalue weighted by Gasteiger charge is 2.60. The standard InChI is InChI=1S/C37H38N4O13/c1-48-22-6-5-18-20-15-50-24-10-23-17(19(13-41-12-16-7-9-40-21(16)14-41)27(24)29(20)53-30(18)31(22)49-2)4-3-8-37(47)33(46)28(45)36(51-23)54-34(37)32(35(38)39)52-26(44)11-25(42)43/h5-7,9-10,14,20,28-29,32-36,45-47H,8,11-13,15,38-39H2,1-2H3,(H,42,43)/p+1/t20-,28+,29+,32-,33+,34+,36+,37-/m0/s1. The van der Waals surface area contributed by atoms with Gasteiger partial charge in [-0.3, -0.25) is 19.5 Å². The highest BCUT2D eigenvalue weighted by molar-refractivity contribution is 5.90. The van der Waals surface area contributed by atoms with E-state index in [1.54, 1.807) is 26.5 Å². The van der Waals surface area contributed by atoms with Crippen molar-refractivity contribution in [2.45, 2.75) is 73.9 Å². The van der Waals surface area contributed by atoms with E-state index in [9.17, 15) is 24.9 Å². The predicted octanol–water partition coefficient (Wildman–Crippen LogP) is -1.49. The van der Waals surface area contributed by atoms with Crippen LogP contribution in [-0.4, -0.2) is 108 Å². The summed E-state index contributed by atoms with van der Waals surface area (Å²) in [6.07, 6.45) is -6.75. The zero-order chi connectivity index (χ0) is 38.1. The van der Waals surface area contributed by atoms with Crippen molar-refractivity contribution in [3.05, 3.63) is 64.0 Å². The molecule has 7 aliphatic rings. The van der Waals surface area contributed by atoms with Crippen LogP contribution in [0.15, 0.2) is 46.7 Å². The number of aliphatic hydroxyl groups is 3. The molecule has 54 heavy (non-hydrogen) atoms. The maximum atomic E-state index is 12.4. The van der Waals surface area contributed by atoms with Crippen LogP contribution in [0.3, 0.4) is 0 Å². The average molecular weight is 748 g/mol. The number of carbonyl (C=O) groups is 2. The van der Waals surface area contributed by atoms with Crippen LogP contribution in [0, 0.1) is 11.8 Å². The minimum absolute atomic E-state index is 0.131. The van der Waals surface area contributed by atoms with E-state index >= 15 is 0 Å². The molecule has 9 atom stereocenters. The molecule has 1 fully saturated rings. The van der Waals surface area contributed by atoms with Crippen LogP contribution >= 0.6 is 0 Å². The van der Waals surface area contributed by atoms with Crippen molar-refractivity contribution in [3.63, 3.8) is 0 Å². The molecule has 2 bridgehead atoms. The molecular weight excluding hydrogens is 708 g/mol. The van der Waals surface area contributed by atoms with Crippen LogP contribution in [0.25, 0.3) is 0 Å². The average Bonchev–Trinajstić information content (AvgIpc) is 3.84. The van der Waals surface area contributed by atoms with Crippen molar-refractivity contribution in [3.8, 4) is 40.6 Å². The second-order valence-electron chi connectivity index (χ2n) is 13.9. The Morgan fingerprint density at radius 3 is 2.70 bits per heavy atom. The summed E-state index contributed by atoms with van der Waals surface area (Å²) in [7, 11) is 3.09. The number of carboxylic acid groups (broad SMARTS) is 1. The number of rotatable bonds is 9. The van der Waals surface area contributed by atoms with E-state index in [0.717, 1.165) is 27.3 Å². The quantitative estimate of drug-likeness (QED) is 0.0668. The Hall–Kier alpha value is -5.19. The number of ether oxygens (including phenoxy) is 7. The van der Waals surface area contributed by atoms with Gasteiger partial charge in [-0.1, -0.05) is 17.9 Å². The van der Waals surface area contributed by atoms with Crippen LogP contribution in [0.5, 0.6) is 28.7 Å². The predicted molar refractivity (Wildman–Crippen MR) is 184 cm³/mol. The third-order valence-corrected chi connectivity index (χ3v) is 10.6. The molecule has 7 aliphatic heterocycles. The fraction of sp³-hybridized carbons (Fsp3) is 0.432. The molecule has 0 radical (unpaired) electrons. The van der Waals surface area contributed by atoms with Crippen molar-refractivity contribution in [2.75, 3.05) is 27.4 Å². The number of esters is 1. The van der Waals surface area contributed by atoms with Gasteiger partial charge >= 0.3 is 11.9 Å². The first-order valence-electron chi connectivity index (χ1n) is 17.3. The van der Waals surface area contributed by atoms with Gasteiger partial charge in [0.05, 0.1) is 38.5 Å². The molecule has 1 saturated heterocycles. The number of fused-ring (bicyclic) bond motifs is 9. The Balaban J connectivity index is 1.24. The van der Waals surface area contributed by atoms with Gasteiger partial charge in [-0.25, -0.2) is 0 Å². The van der Waals surface area contributed by atoms with Crippen LogP contribution in [0.4, 0.5) is 0 Å². The van der Waals surface area contributed by atoms with E-state index in [1.807, 2.05) is 24.4 Å². The molecule has 2 aromatic carbocycles. The summed E-state index contributed by atoms with van der Waals surface area (Å²) < 4.78 is 42.1. The Morgan fingerprint density at radius 1 is 1.17 bits per heavy atom. The molecule has 9 N–H and O–H groups in total. The zero-order valence-electron chi connectivity index (χ0n) is 29.2. The third kappa shape index (κ3) is 5.83. The van der Waals surface area contributed by atoms with E-state index in [1.165, 1.54) is 0 Å². The van der Waals surface area contributed by atoms with Gasteiger partial charge < -0.3 is 65.1 Å². The molecular formula is C37H39N4O13+. The van der Waals surface area contributed by atoms with Crippen LogP contribution in [0.2, 0.25) is 0 Å². The topological polar surface area (TPSA) is 249 Å². The minimum Gasteiger partial charge on any atom is -0.493 e. The second kappa shape index (κ2) is 13.6. The number of hydrogen-bond acceptors (Lipinski definition) is 15. The number of benzene rings is 2. The summed E-state index contributed by atoms with van der Waals surface area (Å²) in [6.45, 7) is 1.25. The molecule has 0 saturated carbocycles. The van der Waals surface area contributed by atoms with Crippen LogP contribution < -0.4 is 40.1 Å². The first-order chi connectivity index (χ1) is 25.9. The van der Waals surface area contributed by atoms with Crippen molar-refractivity contribution >= 4 is 18.2 Å². The zero-order valence-corrected chi connectivity index (χ0v) is 29.2. The molecule has 7 heterocycles. The monoisotopic (exact) mass is 747 g/mol. The maximum Gasteiger partial charge on any atom is 0.317 e. The van der Waals surface area contributed by atoms with Crippen molar-refractivity contribution in [1.29, 1.82) is 0 Å². The lowest BCUT2D eigenvalue weighted by molar-refractivity contribution is -0.851. The van der Waals surface area contributed by atoms with E-state index in [-0.39, 0.29) is 18.3 Å². The Bertz CT molecular complexity index is 2070. The number of methoxy groups -OCH3 is 2. The van der Waals surface area contributed by atoms with E-state index < -0.39 is 73.4 Å². The van der Waals surface area contributed by atoms with Crippen molar-refractivity contribution in [1.82, 2.24) is 0 Å². The number of allylic oxidation sites excluding steroid dienone is 1. The highest BCUT2D eigenvalue weighted by Crippen LogP contribution is 2.58. The fourth-order valence-electron chi connectivity index (χ4n) is 8.03. The largest absolute Gasteiger partial charge is 0.493 e. The lowest BCUT2D eigenvalue weighted by Gasteiger charge is -2.50. The number of carbonyl (C=O) groups excluding carboxylic acids is 1. The summed E-state index contributed by atoms with van der Waals surface area (Å²) in [4.78, 5) is 29.1.